The number of nitrogens with zero attached hydrogens (tertiary/aromatic N) is 3. The van der Waals surface area contributed by atoms with Crippen molar-refractivity contribution in [3.8, 4) is 0 Å². The van der Waals surface area contributed by atoms with Crippen LogP contribution in [0.4, 0.5) is 0 Å². The molecule has 0 bridgehead atoms. The number of aromatic nitrogens is 1. The van der Waals surface area contributed by atoms with Crippen LogP contribution in [0, 0.1) is 0 Å². The summed E-state index contributed by atoms with van der Waals surface area (Å²) in [5.41, 5.74) is 1.28. The molecule has 142 valence electrons. The van der Waals surface area contributed by atoms with Gasteiger partial charge in [-0.1, -0.05) is 37.3 Å². The van der Waals surface area contributed by atoms with E-state index in [4.69, 9.17) is 4.99 Å². The molecule has 0 radical (unpaired) electrons. The van der Waals surface area contributed by atoms with Crippen molar-refractivity contribution in [1.82, 2.24) is 20.5 Å². The molecule has 5 nitrogen and oxygen atoms in total. The molecule has 1 heterocycles. The van der Waals surface area contributed by atoms with E-state index in [0.717, 1.165) is 31.9 Å². The zero-order chi connectivity index (χ0) is 18.8. The minimum absolute atomic E-state index is 0.262. The van der Waals surface area contributed by atoms with Gasteiger partial charge in [0.05, 0.1) is 17.6 Å². The fourth-order valence-electron chi connectivity index (χ4n) is 2.68. The molecule has 6 heteroatoms. The van der Waals surface area contributed by atoms with Crippen molar-refractivity contribution in [3.63, 3.8) is 0 Å². The highest BCUT2D eigenvalue weighted by molar-refractivity contribution is 7.11. The maximum Gasteiger partial charge on any atom is 0.191 e. The Balaban J connectivity index is 1.93. The Kier molecular flexibility index (Phi) is 8.58. The Morgan fingerprint density at radius 2 is 1.96 bits per heavy atom. The highest BCUT2D eigenvalue weighted by Gasteiger charge is 2.13. The van der Waals surface area contributed by atoms with Crippen LogP contribution in [0.3, 0.4) is 0 Å². The van der Waals surface area contributed by atoms with Crippen molar-refractivity contribution in [3.05, 3.63) is 52.0 Å². The van der Waals surface area contributed by atoms with Crippen LogP contribution in [-0.2, 0) is 12.8 Å². The summed E-state index contributed by atoms with van der Waals surface area (Å²) in [7, 11) is 4.20. The predicted molar refractivity (Wildman–Crippen MR) is 112 cm³/mol. The molecular weight excluding hydrogens is 342 g/mol. The summed E-state index contributed by atoms with van der Waals surface area (Å²) < 4.78 is 0. The van der Waals surface area contributed by atoms with Crippen LogP contribution in [0.5, 0.6) is 0 Å². The minimum atomic E-state index is 0.262. The van der Waals surface area contributed by atoms with E-state index in [2.05, 4.69) is 72.7 Å². The predicted octanol–water partition coefficient (Wildman–Crippen LogP) is 3.11. The smallest absolute Gasteiger partial charge is 0.191 e. The van der Waals surface area contributed by atoms with E-state index < -0.39 is 0 Å². The first-order valence-corrected chi connectivity index (χ1v) is 10.1. The van der Waals surface area contributed by atoms with E-state index in [9.17, 15) is 0 Å². The van der Waals surface area contributed by atoms with E-state index in [0.29, 0.717) is 6.54 Å². The molecule has 1 atom stereocenters. The third-order valence-corrected chi connectivity index (χ3v) is 5.36. The maximum atomic E-state index is 4.80. The van der Waals surface area contributed by atoms with Crippen LogP contribution in [0.15, 0.2) is 41.5 Å². The number of rotatable bonds is 9. The first-order chi connectivity index (χ1) is 12.6. The third-order valence-electron chi connectivity index (χ3n) is 4.16. The van der Waals surface area contributed by atoms with Crippen LogP contribution in [0.1, 0.15) is 35.3 Å². The normalized spacial score (nSPS) is 13.0. The van der Waals surface area contributed by atoms with Gasteiger partial charge in [-0.15, -0.1) is 11.3 Å². The summed E-state index contributed by atoms with van der Waals surface area (Å²) in [6.45, 7) is 6.65. The van der Waals surface area contributed by atoms with E-state index in [1.807, 2.05) is 12.3 Å². The van der Waals surface area contributed by atoms with Gasteiger partial charge in [-0.2, -0.15) is 0 Å². The molecule has 0 saturated carbocycles. The highest BCUT2D eigenvalue weighted by atomic mass is 32.1. The summed E-state index contributed by atoms with van der Waals surface area (Å²) in [5.74, 6) is 0.863. The second kappa shape index (κ2) is 10.9. The van der Waals surface area contributed by atoms with Gasteiger partial charge < -0.3 is 15.5 Å². The van der Waals surface area contributed by atoms with Crippen LogP contribution < -0.4 is 10.6 Å². The van der Waals surface area contributed by atoms with Crippen molar-refractivity contribution >= 4 is 17.3 Å². The lowest BCUT2D eigenvalue weighted by Gasteiger charge is -2.23. The molecule has 1 aromatic carbocycles. The van der Waals surface area contributed by atoms with Crippen molar-refractivity contribution in [2.24, 2.45) is 4.99 Å². The monoisotopic (exact) mass is 373 g/mol. The minimum Gasteiger partial charge on any atom is -0.357 e. The molecule has 0 saturated heterocycles. The van der Waals surface area contributed by atoms with Gasteiger partial charge in [0.15, 0.2) is 5.96 Å². The SMILES string of the molecule is CCNC(=NCC(c1ccccc1)N(C)C)NCCc1ncc(CC)s1. The zero-order valence-corrected chi connectivity index (χ0v) is 17.1. The van der Waals surface area contributed by atoms with Crippen molar-refractivity contribution < 1.29 is 0 Å². The quantitative estimate of drug-likeness (QED) is 0.524. The largest absolute Gasteiger partial charge is 0.357 e. The lowest BCUT2D eigenvalue weighted by Crippen LogP contribution is -2.39. The molecular formula is C20H31N5S. The number of likely N-dealkylation sites (N-methyl/N-ethyl adjacent to an activating group) is 1. The Morgan fingerprint density at radius 1 is 1.19 bits per heavy atom. The van der Waals surface area contributed by atoms with Crippen molar-refractivity contribution in [1.29, 1.82) is 0 Å². The van der Waals surface area contributed by atoms with E-state index in [1.54, 1.807) is 11.3 Å². The second-order valence-electron chi connectivity index (χ2n) is 6.36. The molecule has 0 aliphatic carbocycles. The zero-order valence-electron chi connectivity index (χ0n) is 16.3. The number of guanidine groups is 1. The lowest BCUT2D eigenvalue weighted by atomic mass is 10.1. The van der Waals surface area contributed by atoms with Crippen molar-refractivity contribution in [2.75, 3.05) is 33.7 Å². The van der Waals surface area contributed by atoms with Gasteiger partial charge in [0.25, 0.3) is 0 Å². The number of nitrogens with one attached hydrogen (secondary N) is 2. The Hall–Kier alpha value is -1.92. The first-order valence-electron chi connectivity index (χ1n) is 9.31. The molecule has 26 heavy (non-hydrogen) atoms. The molecule has 2 N–H and O–H groups in total. The average molecular weight is 374 g/mol. The summed E-state index contributed by atoms with van der Waals surface area (Å²) in [6, 6.07) is 10.8. The standard InChI is InChI=1S/C20H31N5S/c1-5-17-14-23-19(26-17)12-13-22-20(21-6-2)24-15-18(25(3)4)16-10-8-7-9-11-16/h7-11,14,18H,5-6,12-13,15H2,1-4H3,(H2,21,22,24). The fourth-order valence-corrected chi connectivity index (χ4v) is 3.54. The number of benzene rings is 1. The van der Waals surface area contributed by atoms with Gasteiger partial charge in [0.2, 0.25) is 0 Å². The fraction of sp³-hybridized carbons (Fsp3) is 0.500. The van der Waals surface area contributed by atoms with Gasteiger partial charge >= 0.3 is 0 Å². The topological polar surface area (TPSA) is 52.6 Å². The van der Waals surface area contributed by atoms with Gasteiger partial charge in [-0.25, -0.2) is 4.98 Å². The van der Waals surface area contributed by atoms with Crippen LogP contribution >= 0.6 is 11.3 Å². The molecule has 0 aliphatic rings. The number of thiazole rings is 1. The Bertz CT molecular complexity index is 666. The Morgan fingerprint density at radius 3 is 2.58 bits per heavy atom. The molecule has 0 amide bonds. The first kappa shape index (κ1) is 20.4. The summed E-state index contributed by atoms with van der Waals surface area (Å²) in [6.07, 6.45) is 3.96. The number of aliphatic imine (C=N–C) groups is 1. The van der Waals surface area contributed by atoms with E-state index >= 15 is 0 Å². The van der Waals surface area contributed by atoms with Crippen molar-refractivity contribution in [2.45, 2.75) is 32.7 Å². The van der Waals surface area contributed by atoms with E-state index in [-0.39, 0.29) is 6.04 Å². The summed E-state index contributed by atoms with van der Waals surface area (Å²) in [5, 5.41) is 7.94. The average Bonchev–Trinajstić information content (AvgIpc) is 3.10. The van der Waals surface area contributed by atoms with Gasteiger partial charge in [0.1, 0.15) is 0 Å². The second-order valence-corrected chi connectivity index (χ2v) is 7.56. The number of hydrogen-bond donors (Lipinski definition) is 2. The maximum absolute atomic E-state index is 4.80. The van der Waals surface area contributed by atoms with E-state index in [1.165, 1.54) is 15.4 Å². The van der Waals surface area contributed by atoms with Crippen LogP contribution in [0.2, 0.25) is 0 Å². The lowest BCUT2D eigenvalue weighted by molar-refractivity contribution is 0.306. The van der Waals surface area contributed by atoms with Gasteiger partial charge in [-0.3, -0.25) is 4.99 Å². The third kappa shape index (κ3) is 6.42. The van der Waals surface area contributed by atoms with Gasteiger partial charge in [0, 0.05) is 30.6 Å². The molecule has 1 unspecified atom stereocenters. The molecule has 0 spiro atoms. The highest BCUT2D eigenvalue weighted by Crippen LogP contribution is 2.18. The van der Waals surface area contributed by atoms with Crippen LogP contribution in [0.25, 0.3) is 0 Å². The van der Waals surface area contributed by atoms with Crippen LogP contribution in [-0.4, -0.2) is 49.6 Å². The summed E-state index contributed by atoms with van der Waals surface area (Å²) in [4.78, 5) is 12.8. The molecule has 1 aromatic heterocycles. The molecule has 0 fully saturated rings. The molecule has 2 rings (SSSR count). The summed E-state index contributed by atoms with van der Waals surface area (Å²) >= 11 is 1.80. The van der Waals surface area contributed by atoms with Gasteiger partial charge in [-0.05, 0) is 33.0 Å². The molecule has 0 aliphatic heterocycles. The number of hydrogen-bond acceptors (Lipinski definition) is 4. The Labute approximate surface area is 161 Å². The number of aryl methyl sites for hydroxylation is 1. The molecule has 2 aromatic rings.